The van der Waals surface area contributed by atoms with Gasteiger partial charge in [0.05, 0.1) is 23.6 Å². The molecule has 1 saturated carbocycles. The predicted molar refractivity (Wildman–Crippen MR) is 141 cm³/mol. The third kappa shape index (κ3) is 5.19. The van der Waals surface area contributed by atoms with E-state index in [9.17, 15) is 18.8 Å². The first-order chi connectivity index (χ1) is 18.8. The van der Waals surface area contributed by atoms with Gasteiger partial charge in [0.25, 0.3) is 5.91 Å². The van der Waals surface area contributed by atoms with Gasteiger partial charge < -0.3 is 25.4 Å². The van der Waals surface area contributed by atoms with E-state index in [0.717, 1.165) is 0 Å². The molecule has 1 heterocycles. The fraction of sp³-hybridized carbons (Fsp3) is 0.179. The molecule has 1 aromatic heterocycles. The lowest BCUT2D eigenvalue weighted by Gasteiger charge is -2.16. The molecule has 0 saturated heterocycles. The molecule has 11 heteroatoms. The molecule has 3 aromatic carbocycles. The fourth-order valence-electron chi connectivity index (χ4n) is 4.06. The minimum Gasteiger partial charge on any atom is -0.496 e. The number of methoxy groups -OCH3 is 1. The van der Waals surface area contributed by atoms with E-state index in [4.69, 9.17) is 9.47 Å². The molecule has 0 unspecified atom stereocenters. The van der Waals surface area contributed by atoms with Crippen molar-refractivity contribution in [2.45, 2.75) is 12.8 Å². The average molecular weight is 530 g/mol. The number of halogens is 1. The van der Waals surface area contributed by atoms with Crippen molar-refractivity contribution in [1.29, 1.82) is 0 Å². The van der Waals surface area contributed by atoms with Gasteiger partial charge in [-0.1, -0.05) is 0 Å². The van der Waals surface area contributed by atoms with Gasteiger partial charge in [0.1, 0.15) is 29.1 Å². The lowest BCUT2D eigenvalue weighted by atomic mass is 10.0. The van der Waals surface area contributed by atoms with Crippen molar-refractivity contribution < 1.29 is 28.2 Å². The quantitative estimate of drug-likeness (QED) is 0.290. The number of nitrogens with one attached hydrogen (secondary N) is 3. The van der Waals surface area contributed by atoms with Crippen LogP contribution in [0.15, 0.2) is 67.0 Å². The van der Waals surface area contributed by atoms with Gasteiger partial charge in [0, 0.05) is 24.5 Å². The number of carbonyl (C=O) groups excluding carboxylic acids is 3. The average Bonchev–Trinajstić information content (AvgIpc) is 3.77. The van der Waals surface area contributed by atoms with Gasteiger partial charge in [0.15, 0.2) is 0 Å². The summed E-state index contributed by atoms with van der Waals surface area (Å²) in [7, 11) is 2.99. The molecule has 198 valence electrons. The first-order valence-corrected chi connectivity index (χ1v) is 12.0. The van der Waals surface area contributed by atoms with Gasteiger partial charge in [-0.3, -0.25) is 14.4 Å². The number of rotatable bonds is 8. The highest BCUT2D eigenvalue weighted by Gasteiger charge is 2.56. The molecular formula is C28H24FN5O5. The van der Waals surface area contributed by atoms with Crippen molar-refractivity contribution in [3.8, 4) is 17.4 Å². The molecule has 3 amide bonds. The highest BCUT2D eigenvalue weighted by Crippen LogP contribution is 2.47. The number of ether oxygens (including phenoxy) is 2. The van der Waals surface area contributed by atoms with Crippen molar-refractivity contribution in [3.63, 3.8) is 0 Å². The Morgan fingerprint density at radius 1 is 0.897 bits per heavy atom. The smallest absolute Gasteiger partial charge is 0.254 e. The number of fused-ring (bicyclic) bond motifs is 1. The van der Waals surface area contributed by atoms with Crippen molar-refractivity contribution in [2.75, 3.05) is 24.8 Å². The Morgan fingerprint density at radius 2 is 1.51 bits per heavy atom. The number of nitrogens with zero attached hydrogens (tertiary/aromatic N) is 2. The second-order valence-electron chi connectivity index (χ2n) is 8.95. The number of carbonyl (C=O) groups is 3. The molecule has 39 heavy (non-hydrogen) atoms. The number of amides is 3. The van der Waals surface area contributed by atoms with Crippen LogP contribution in [0.2, 0.25) is 0 Å². The molecule has 5 rings (SSSR count). The van der Waals surface area contributed by atoms with Crippen molar-refractivity contribution in [3.05, 3.63) is 78.4 Å². The highest BCUT2D eigenvalue weighted by atomic mass is 19.1. The van der Waals surface area contributed by atoms with Crippen LogP contribution in [0.1, 0.15) is 23.2 Å². The molecule has 0 radical (unpaired) electrons. The zero-order valence-corrected chi connectivity index (χ0v) is 21.1. The number of hydrogen-bond acceptors (Lipinski definition) is 7. The van der Waals surface area contributed by atoms with Crippen LogP contribution in [0, 0.1) is 11.2 Å². The maximum atomic E-state index is 13.1. The molecule has 0 atom stereocenters. The van der Waals surface area contributed by atoms with Crippen molar-refractivity contribution in [1.82, 2.24) is 15.3 Å². The van der Waals surface area contributed by atoms with Gasteiger partial charge in [-0.2, -0.15) is 0 Å². The van der Waals surface area contributed by atoms with Crippen LogP contribution < -0.4 is 25.4 Å². The topological polar surface area (TPSA) is 132 Å². The van der Waals surface area contributed by atoms with Crippen LogP contribution in [-0.4, -0.2) is 41.8 Å². The Morgan fingerprint density at radius 3 is 2.08 bits per heavy atom. The second-order valence-corrected chi connectivity index (χ2v) is 8.95. The molecule has 3 N–H and O–H groups in total. The van der Waals surface area contributed by atoms with E-state index in [1.165, 1.54) is 44.8 Å². The normalized spacial score (nSPS) is 13.3. The van der Waals surface area contributed by atoms with E-state index >= 15 is 0 Å². The van der Waals surface area contributed by atoms with E-state index in [2.05, 4.69) is 25.9 Å². The van der Waals surface area contributed by atoms with Gasteiger partial charge in [0.2, 0.25) is 17.7 Å². The van der Waals surface area contributed by atoms with E-state index in [1.54, 1.807) is 36.4 Å². The number of anilines is 2. The Kier molecular flexibility index (Phi) is 6.80. The van der Waals surface area contributed by atoms with E-state index in [1.807, 2.05) is 0 Å². The summed E-state index contributed by atoms with van der Waals surface area (Å²) in [6.45, 7) is 0. The van der Waals surface area contributed by atoms with E-state index < -0.39 is 23.0 Å². The Balaban J connectivity index is 1.29. The lowest BCUT2D eigenvalue weighted by Crippen LogP contribution is -2.35. The van der Waals surface area contributed by atoms with Crippen LogP contribution in [0.3, 0.4) is 0 Å². The minimum absolute atomic E-state index is 0.235. The van der Waals surface area contributed by atoms with Gasteiger partial charge in [-0.15, -0.1) is 0 Å². The van der Waals surface area contributed by atoms with Crippen LogP contribution in [-0.2, 0) is 9.59 Å². The maximum absolute atomic E-state index is 13.1. The molecule has 0 spiro atoms. The minimum atomic E-state index is -1.17. The van der Waals surface area contributed by atoms with Gasteiger partial charge >= 0.3 is 0 Å². The van der Waals surface area contributed by atoms with Crippen molar-refractivity contribution >= 4 is 40.0 Å². The third-order valence-electron chi connectivity index (χ3n) is 6.44. The number of hydrogen-bond donors (Lipinski definition) is 3. The van der Waals surface area contributed by atoms with Gasteiger partial charge in [-0.25, -0.2) is 14.4 Å². The summed E-state index contributed by atoms with van der Waals surface area (Å²) in [6.07, 6.45) is 2.17. The summed E-state index contributed by atoms with van der Waals surface area (Å²) in [5, 5.41) is 8.55. The first kappa shape index (κ1) is 25.6. The lowest BCUT2D eigenvalue weighted by molar-refractivity contribution is -0.131. The largest absolute Gasteiger partial charge is 0.496 e. The van der Waals surface area contributed by atoms with Crippen LogP contribution in [0.4, 0.5) is 15.8 Å². The van der Waals surface area contributed by atoms with E-state index in [-0.39, 0.29) is 11.8 Å². The first-order valence-electron chi connectivity index (χ1n) is 12.0. The monoisotopic (exact) mass is 529 g/mol. The molecule has 1 aliphatic rings. The Labute approximate surface area is 222 Å². The fourth-order valence-corrected chi connectivity index (χ4v) is 4.06. The number of aromatic nitrogens is 2. The molecule has 0 aliphatic heterocycles. The van der Waals surface area contributed by atoms with Gasteiger partial charge in [-0.05, 0) is 67.4 Å². The Hall–Kier alpha value is -5.06. The summed E-state index contributed by atoms with van der Waals surface area (Å²) < 4.78 is 24.4. The predicted octanol–water partition coefficient (Wildman–Crippen LogP) is 4.29. The zero-order valence-electron chi connectivity index (χ0n) is 21.1. The zero-order chi connectivity index (χ0) is 27.6. The molecular weight excluding hydrogens is 505 g/mol. The molecule has 10 nitrogen and oxygen atoms in total. The molecule has 4 aromatic rings. The third-order valence-corrected chi connectivity index (χ3v) is 6.44. The molecule has 0 bridgehead atoms. The summed E-state index contributed by atoms with van der Waals surface area (Å²) in [5.41, 5.74) is 0.560. The number of benzene rings is 3. The van der Waals surface area contributed by atoms with Crippen LogP contribution >= 0.6 is 0 Å². The van der Waals surface area contributed by atoms with Crippen LogP contribution in [0.5, 0.6) is 17.4 Å². The maximum Gasteiger partial charge on any atom is 0.254 e. The summed E-state index contributed by atoms with van der Waals surface area (Å²) >= 11 is 0. The van der Waals surface area contributed by atoms with E-state index in [0.29, 0.717) is 52.2 Å². The standard InChI is InChI=1S/C28H24FN5O5/c1-30-24(35)21-13-20-22(14-23(21)38-2)31-15-32-25(20)39-19-9-7-18(8-10-19)34-27(37)28(11-12-28)26(36)33-17-5-3-16(29)4-6-17/h3-10,13-15H,11-12H2,1-2H3,(H,30,35)(H,33,36)(H,34,37). The van der Waals surface area contributed by atoms with Crippen LogP contribution in [0.25, 0.3) is 10.9 Å². The second kappa shape index (κ2) is 10.4. The Bertz CT molecular complexity index is 1570. The summed E-state index contributed by atoms with van der Waals surface area (Å²) in [6, 6.07) is 15.2. The summed E-state index contributed by atoms with van der Waals surface area (Å²) in [4.78, 5) is 46.5. The summed E-state index contributed by atoms with van der Waals surface area (Å²) in [5.74, 6) is -0.571. The van der Waals surface area contributed by atoms with Crippen molar-refractivity contribution in [2.24, 2.45) is 5.41 Å². The molecule has 1 fully saturated rings. The highest BCUT2D eigenvalue weighted by molar-refractivity contribution is 6.16. The SMILES string of the molecule is CNC(=O)c1cc2c(Oc3ccc(NC(=O)C4(C(=O)Nc5ccc(F)cc5)CC4)cc3)ncnc2cc1OC. The molecule has 1 aliphatic carbocycles.